The van der Waals surface area contributed by atoms with Gasteiger partial charge in [0.1, 0.15) is 0 Å². The Balaban J connectivity index is 1.68. The molecule has 0 saturated heterocycles. The summed E-state index contributed by atoms with van der Waals surface area (Å²) in [5.41, 5.74) is 1.98. The molecule has 134 valence electrons. The predicted octanol–water partition coefficient (Wildman–Crippen LogP) is 2.64. The highest BCUT2D eigenvalue weighted by molar-refractivity contribution is 6.30. The topological polar surface area (TPSA) is 108 Å². The number of halogens is 1. The first-order valence-electron chi connectivity index (χ1n) is 7.66. The smallest absolute Gasteiger partial charge is 0.345 e. The summed E-state index contributed by atoms with van der Waals surface area (Å²) in [6.07, 6.45) is 3.25. The summed E-state index contributed by atoms with van der Waals surface area (Å²) < 4.78 is 2.75. The summed E-state index contributed by atoms with van der Waals surface area (Å²) in [7, 11) is 0. The molecule has 0 aliphatic carbocycles. The number of rotatable bonds is 6. The first-order chi connectivity index (χ1) is 12.4. The van der Waals surface area contributed by atoms with Gasteiger partial charge in [0, 0.05) is 11.9 Å². The van der Waals surface area contributed by atoms with Crippen LogP contribution in [-0.2, 0) is 17.9 Å². The van der Waals surface area contributed by atoms with Gasteiger partial charge < -0.3 is 15.4 Å². The summed E-state index contributed by atoms with van der Waals surface area (Å²) in [4.78, 5) is 22.6. The number of nitrogens with one attached hydrogen (secondary N) is 1. The van der Waals surface area contributed by atoms with Crippen LogP contribution in [0.15, 0.2) is 42.7 Å². The van der Waals surface area contributed by atoms with Crippen LogP contribution in [0.2, 0.25) is 5.02 Å². The third kappa shape index (κ3) is 4.25. The quantitative estimate of drug-likeness (QED) is 0.527. The van der Waals surface area contributed by atoms with Crippen molar-refractivity contribution < 1.29 is 9.72 Å². The number of hydrogen-bond donors (Lipinski definition) is 1. The second-order valence-corrected chi connectivity index (χ2v) is 6.10. The van der Waals surface area contributed by atoms with Gasteiger partial charge >= 0.3 is 5.82 Å². The molecule has 0 unspecified atom stereocenters. The highest BCUT2D eigenvalue weighted by Crippen LogP contribution is 2.15. The summed E-state index contributed by atoms with van der Waals surface area (Å²) in [5, 5.41) is 22.3. The van der Waals surface area contributed by atoms with Crippen LogP contribution >= 0.6 is 11.6 Å². The van der Waals surface area contributed by atoms with E-state index in [1.54, 1.807) is 42.2 Å². The summed E-state index contributed by atoms with van der Waals surface area (Å²) in [5.74, 6) is -0.627. The minimum absolute atomic E-state index is 0.220. The van der Waals surface area contributed by atoms with Crippen molar-refractivity contribution in [2.24, 2.45) is 0 Å². The molecule has 26 heavy (non-hydrogen) atoms. The molecule has 10 heteroatoms. The average Bonchev–Trinajstić information content (AvgIpc) is 3.13. The van der Waals surface area contributed by atoms with Gasteiger partial charge in [0.15, 0.2) is 6.54 Å². The fourth-order valence-electron chi connectivity index (χ4n) is 2.49. The number of aryl methyl sites for hydroxylation is 1. The highest BCUT2D eigenvalue weighted by Gasteiger charge is 2.19. The van der Waals surface area contributed by atoms with Gasteiger partial charge in [-0.05, 0) is 29.5 Å². The van der Waals surface area contributed by atoms with Crippen LogP contribution in [0.25, 0.3) is 0 Å². The van der Waals surface area contributed by atoms with Crippen LogP contribution in [0.1, 0.15) is 11.3 Å². The Kier molecular flexibility index (Phi) is 4.99. The number of anilines is 1. The van der Waals surface area contributed by atoms with E-state index in [9.17, 15) is 14.9 Å². The molecule has 0 fully saturated rings. The van der Waals surface area contributed by atoms with Crippen LogP contribution in [0.3, 0.4) is 0 Å². The van der Waals surface area contributed by atoms with Gasteiger partial charge in [-0.1, -0.05) is 28.8 Å². The first-order valence-corrected chi connectivity index (χ1v) is 8.04. The molecule has 0 aliphatic heterocycles. The van der Waals surface area contributed by atoms with E-state index in [0.29, 0.717) is 22.9 Å². The molecule has 1 aromatic carbocycles. The molecule has 0 atom stereocenters. The van der Waals surface area contributed by atoms with Gasteiger partial charge in [0.2, 0.25) is 0 Å². The lowest BCUT2D eigenvalue weighted by Crippen LogP contribution is -2.20. The Morgan fingerprint density at radius 1 is 1.38 bits per heavy atom. The van der Waals surface area contributed by atoms with Crippen molar-refractivity contribution in [1.82, 2.24) is 19.6 Å². The number of nitrogens with zero attached hydrogens (tertiary/aromatic N) is 5. The van der Waals surface area contributed by atoms with Crippen molar-refractivity contribution in [3.05, 3.63) is 69.1 Å². The molecule has 2 heterocycles. The molecule has 0 spiro atoms. The first kappa shape index (κ1) is 17.6. The Morgan fingerprint density at radius 3 is 2.88 bits per heavy atom. The highest BCUT2D eigenvalue weighted by atomic mass is 35.5. The van der Waals surface area contributed by atoms with Gasteiger partial charge in [-0.15, -0.1) is 4.68 Å². The largest absolute Gasteiger partial charge is 0.358 e. The van der Waals surface area contributed by atoms with Crippen molar-refractivity contribution in [3.63, 3.8) is 0 Å². The lowest BCUT2D eigenvalue weighted by molar-refractivity contribution is -0.392. The second kappa shape index (κ2) is 7.36. The van der Waals surface area contributed by atoms with Gasteiger partial charge in [0.25, 0.3) is 5.91 Å². The van der Waals surface area contributed by atoms with Crippen LogP contribution < -0.4 is 5.32 Å². The molecule has 0 bridgehead atoms. The zero-order chi connectivity index (χ0) is 18.7. The Labute approximate surface area is 153 Å². The van der Waals surface area contributed by atoms with Gasteiger partial charge in [-0.2, -0.15) is 5.10 Å². The van der Waals surface area contributed by atoms with Crippen LogP contribution in [0.4, 0.5) is 11.5 Å². The Morgan fingerprint density at radius 2 is 2.19 bits per heavy atom. The second-order valence-electron chi connectivity index (χ2n) is 5.66. The lowest BCUT2D eigenvalue weighted by Gasteiger charge is -2.07. The molecule has 3 aromatic rings. The average molecular weight is 375 g/mol. The van der Waals surface area contributed by atoms with E-state index in [-0.39, 0.29) is 12.4 Å². The van der Waals surface area contributed by atoms with E-state index >= 15 is 0 Å². The number of benzene rings is 1. The van der Waals surface area contributed by atoms with E-state index in [4.69, 9.17) is 11.6 Å². The molecule has 3 rings (SSSR count). The zero-order valence-electron chi connectivity index (χ0n) is 13.8. The predicted molar refractivity (Wildman–Crippen MR) is 95.0 cm³/mol. The number of hydrogen-bond acceptors (Lipinski definition) is 5. The minimum atomic E-state index is -0.566. The molecule has 2 aromatic heterocycles. The molecule has 0 aliphatic rings. The van der Waals surface area contributed by atoms with Crippen molar-refractivity contribution in [3.8, 4) is 0 Å². The van der Waals surface area contributed by atoms with E-state index < -0.39 is 10.8 Å². The van der Waals surface area contributed by atoms with Crippen LogP contribution in [0, 0.1) is 17.0 Å². The third-order valence-electron chi connectivity index (χ3n) is 3.52. The van der Waals surface area contributed by atoms with E-state index in [1.807, 2.05) is 6.07 Å². The van der Waals surface area contributed by atoms with E-state index in [0.717, 1.165) is 10.2 Å². The van der Waals surface area contributed by atoms with Gasteiger partial charge in [-0.3, -0.25) is 9.48 Å². The molecule has 1 amide bonds. The fourth-order valence-corrected chi connectivity index (χ4v) is 2.65. The van der Waals surface area contributed by atoms with Crippen molar-refractivity contribution in [2.45, 2.75) is 20.0 Å². The maximum atomic E-state index is 12.2. The van der Waals surface area contributed by atoms with E-state index in [2.05, 4.69) is 15.5 Å². The summed E-state index contributed by atoms with van der Waals surface area (Å²) >= 11 is 5.84. The normalized spacial score (nSPS) is 10.7. The fraction of sp³-hybridized carbons (Fsp3) is 0.188. The monoisotopic (exact) mass is 374 g/mol. The summed E-state index contributed by atoms with van der Waals surface area (Å²) in [6, 6.07) is 8.56. The standard InChI is InChI=1S/C16H15ClN6O3/c1-11-5-16(23(25)26)22(20-11)10-15(24)19-14-4-2-3-12(6-14)8-21-9-13(17)7-18-21/h2-7,9H,8,10H2,1H3,(H,19,24). The van der Waals surface area contributed by atoms with Crippen LogP contribution in [-0.4, -0.2) is 30.4 Å². The van der Waals surface area contributed by atoms with Gasteiger partial charge in [0.05, 0.1) is 29.5 Å². The van der Waals surface area contributed by atoms with E-state index in [1.165, 1.54) is 6.07 Å². The number of aromatic nitrogens is 4. The molecule has 9 nitrogen and oxygen atoms in total. The molecule has 0 radical (unpaired) electrons. The minimum Gasteiger partial charge on any atom is -0.358 e. The number of carbonyl (C=O) groups excluding carboxylic acids is 1. The third-order valence-corrected chi connectivity index (χ3v) is 3.71. The van der Waals surface area contributed by atoms with Crippen LogP contribution in [0.5, 0.6) is 0 Å². The maximum Gasteiger partial charge on any atom is 0.345 e. The van der Waals surface area contributed by atoms with Crippen molar-refractivity contribution in [2.75, 3.05) is 5.32 Å². The molecular formula is C16H15ClN6O3. The van der Waals surface area contributed by atoms with Crippen molar-refractivity contribution in [1.29, 1.82) is 0 Å². The molecule has 1 N–H and O–H groups in total. The number of nitro groups is 1. The SMILES string of the molecule is Cc1cc([N+](=O)[O-])n(CC(=O)Nc2cccc(Cn3cc(Cl)cn3)c2)n1. The number of carbonyl (C=O) groups is 1. The van der Waals surface area contributed by atoms with Gasteiger partial charge in [-0.25, -0.2) is 0 Å². The Bertz CT molecular complexity index is 965. The Hall–Kier alpha value is -3.20. The van der Waals surface area contributed by atoms with Crippen molar-refractivity contribution >= 4 is 29.0 Å². The lowest BCUT2D eigenvalue weighted by atomic mass is 10.2. The molecule has 0 saturated carbocycles. The maximum absolute atomic E-state index is 12.2. The molecular weight excluding hydrogens is 360 g/mol. The zero-order valence-corrected chi connectivity index (χ0v) is 14.6. The number of amides is 1. The summed E-state index contributed by atoms with van der Waals surface area (Å²) in [6.45, 7) is 1.88.